The maximum Gasteiger partial charge on any atom is 0.425 e. The minimum atomic E-state index is -4.44. The fourth-order valence-corrected chi connectivity index (χ4v) is 29.7. The van der Waals surface area contributed by atoms with Gasteiger partial charge in [-0.05, 0) is 308 Å². The molecule has 0 atom stereocenters. The van der Waals surface area contributed by atoms with Crippen molar-refractivity contribution in [2.24, 2.45) is 0 Å². The van der Waals surface area contributed by atoms with Gasteiger partial charge < -0.3 is 44.8 Å². The molecule has 18 rings (SSSR count). The Morgan fingerprint density at radius 1 is 0.388 bits per heavy atom. The zero-order valence-electron chi connectivity index (χ0n) is 73.7. The highest BCUT2D eigenvalue weighted by atomic mass is 79.9. The number of rotatable bonds is 19. The average Bonchev–Trinajstić information content (AvgIpc) is 1.62. The molecule has 0 fully saturated rings. The molecule has 34 heteroatoms. The molecule has 0 spiro atoms. The summed E-state index contributed by atoms with van der Waals surface area (Å²) in [6, 6.07) is 13.0. The molecule has 0 radical (unpaired) electrons. The van der Waals surface area contributed by atoms with Crippen LogP contribution in [0, 0.1) is 0 Å². The van der Waals surface area contributed by atoms with E-state index < -0.39 is 28.7 Å². The van der Waals surface area contributed by atoms with E-state index in [1.165, 1.54) is 165 Å². The quantitative estimate of drug-likeness (QED) is 0.0277. The van der Waals surface area contributed by atoms with E-state index in [-0.39, 0.29) is 48.1 Å². The third kappa shape index (κ3) is 22.3. The number of nitrogens with one attached hydrogen (secondary N) is 8. The monoisotopic (exact) mass is 1970 g/mol. The van der Waals surface area contributed by atoms with Gasteiger partial charge in [0, 0.05) is 101 Å². The molecular formula is C95H110BrF3N10O12S8. The number of urea groups is 4. The van der Waals surface area contributed by atoms with Crippen LogP contribution in [-0.2, 0) is 154 Å². The summed E-state index contributed by atoms with van der Waals surface area (Å²) in [5, 5.41) is 26.6. The van der Waals surface area contributed by atoms with Gasteiger partial charge in [0.15, 0.2) is 0 Å². The predicted molar refractivity (Wildman–Crippen MR) is 516 cm³/mol. The van der Waals surface area contributed by atoms with Gasteiger partial charge in [-0.15, -0.1) is 90.7 Å². The summed E-state index contributed by atoms with van der Waals surface area (Å²) in [5.41, 5.74) is 15.3. The topological polar surface area (TPSA) is 278 Å². The van der Waals surface area contributed by atoms with Gasteiger partial charge in [-0.25, -0.2) is 38.4 Å². The van der Waals surface area contributed by atoms with Crippen LogP contribution in [0.25, 0.3) is 15.4 Å². The smallest absolute Gasteiger partial charge is 0.425 e. The van der Waals surface area contributed by atoms with Crippen molar-refractivity contribution in [2.45, 2.75) is 258 Å². The number of halogens is 4. The first kappa shape index (κ1) is 94.9. The van der Waals surface area contributed by atoms with E-state index in [1.54, 1.807) is 11.3 Å². The molecule has 8 amide bonds. The van der Waals surface area contributed by atoms with Gasteiger partial charge in [0.05, 0.1) is 47.4 Å². The zero-order chi connectivity index (χ0) is 90.8. The van der Waals surface area contributed by atoms with Gasteiger partial charge in [0.2, 0.25) is 0 Å². The SMILES string of the molecule is CC(C)(C)OC(=O)c1c(NC(=O)NCc2c(-c3ccccc3)sc3c2CCCC3)sc2c1CCCC2.CCN1CCc2c(sc(-n3cccc3)c2CNC(=O)Nc2sc3c(c2C(=O)OC)CCCC3)C1.COC(=O)c1c(NC(=O)NCc2c(Br)sc3c2CCCC3)sc2c1CCCC2.COC(=O)c1c(NC(=O)NCc2c(C(F)(F)F)sc3c2CCCC3)sc2c1CCCC2. The first-order valence-electron chi connectivity index (χ1n) is 44.7. The molecule has 0 saturated carbocycles. The van der Waals surface area contributed by atoms with Crippen molar-refractivity contribution < 1.29 is 70.5 Å². The lowest BCUT2D eigenvalue weighted by Crippen LogP contribution is -2.31. The zero-order valence-corrected chi connectivity index (χ0v) is 81.8. The normalized spacial score (nSPS) is 15.4. The number of likely N-dealkylation sites (N-methyl/N-ethyl adjacent to an activating group) is 1. The number of aromatic nitrogens is 1. The molecule has 688 valence electrons. The lowest BCUT2D eigenvalue weighted by molar-refractivity contribution is -0.135. The Hall–Kier alpha value is -8.71. The van der Waals surface area contributed by atoms with Gasteiger partial charge in [-0.3, -0.25) is 26.2 Å². The van der Waals surface area contributed by atoms with Gasteiger partial charge in [-0.2, -0.15) is 13.2 Å². The van der Waals surface area contributed by atoms with Crippen molar-refractivity contribution in [1.82, 2.24) is 30.7 Å². The number of benzene rings is 1. The molecule has 1 aromatic carbocycles. The second-order valence-corrected chi connectivity index (χ2v) is 44.4. The third-order valence-corrected chi connectivity index (χ3v) is 35.6. The fraction of sp³-hybridized carbons (Fsp3) is 0.474. The Balaban J connectivity index is 0.000000133. The molecule has 7 aliphatic carbocycles. The number of amides is 8. The number of hydrogen-bond acceptors (Lipinski definition) is 21. The molecule has 10 heterocycles. The first-order chi connectivity index (χ1) is 62.3. The summed E-state index contributed by atoms with van der Waals surface area (Å²) in [6.07, 6.45) is 28.4. The molecule has 8 aliphatic rings. The summed E-state index contributed by atoms with van der Waals surface area (Å²) in [5.74, 6) is -1.61. The van der Waals surface area contributed by atoms with Gasteiger partial charge in [-0.1, -0.05) is 37.3 Å². The van der Waals surface area contributed by atoms with Crippen LogP contribution >= 0.6 is 107 Å². The summed E-state index contributed by atoms with van der Waals surface area (Å²) in [4.78, 5) is 114. The predicted octanol–water partition coefficient (Wildman–Crippen LogP) is 23.6. The number of nitrogens with zero attached hydrogens (tertiary/aromatic N) is 2. The number of fused-ring (bicyclic) bond motifs is 8. The number of carbonyl (C=O) groups is 8. The van der Waals surface area contributed by atoms with Gasteiger partial charge in [0.25, 0.3) is 0 Å². The van der Waals surface area contributed by atoms with E-state index in [2.05, 4.69) is 112 Å². The minimum absolute atomic E-state index is 0.168. The number of aryl methyl sites for hydroxylation is 7. The van der Waals surface area contributed by atoms with E-state index in [0.717, 1.165) is 225 Å². The number of methoxy groups -OCH3 is 3. The van der Waals surface area contributed by atoms with Crippen LogP contribution in [0.3, 0.4) is 0 Å². The molecule has 0 unspecified atom stereocenters. The Kier molecular flexibility index (Phi) is 31.6. The maximum absolute atomic E-state index is 13.6. The molecular weight excluding hydrogens is 1870 g/mol. The van der Waals surface area contributed by atoms with Crippen LogP contribution in [0.15, 0.2) is 58.6 Å². The summed E-state index contributed by atoms with van der Waals surface area (Å²) in [6.45, 7) is 12.0. The van der Waals surface area contributed by atoms with Crippen LogP contribution < -0.4 is 42.5 Å². The highest BCUT2D eigenvalue weighted by Crippen LogP contribution is 2.48. The first-order valence-corrected chi connectivity index (χ1v) is 52.0. The number of thiophene rings is 8. The van der Waals surface area contributed by atoms with Crippen LogP contribution in [0.5, 0.6) is 0 Å². The minimum Gasteiger partial charge on any atom is -0.465 e. The second-order valence-electron chi connectivity index (χ2n) is 34.2. The molecule has 129 heavy (non-hydrogen) atoms. The van der Waals surface area contributed by atoms with E-state index in [9.17, 15) is 51.5 Å². The Morgan fingerprint density at radius 3 is 1.13 bits per heavy atom. The van der Waals surface area contributed by atoms with E-state index in [4.69, 9.17) is 18.9 Å². The molecule has 10 aromatic rings. The summed E-state index contributed by atoms with van der Waals surface area (Å²) in [7, 11) is 4.06. The molecule has 22 nitrogen and oxygen atoms in total. The van der Waals surface area contributed by atoms with Crippen molar-refractivity contribution in [1.29, 1.82) is 0 Å². The largest absolute Gasteiger partial charge is 0.465 e. The third-order valence-electron chi connectivity index (χ3n) is 24.7. The molecule has 0 bridgehead atoms. The summed E-state index contributed by atoms with van der Waals surface area (Å²) < 4.78 is 64.5. The van der Waals surface area contributed by atoms with Crippen molar-refractivity contribution >= 4 is 175 Å². The number of anilines is 4. The average molecular weight is 1980 g/mol. The van der Waals surface area contributed by atoms with E-state index >= 15 is 0 Å². The molecule has 9 aromatic heterocycles. The number of esters is 4. The number of carbonyl (C=O) groups excluding carboxylic acids is 8. The lowest BCUT2D eigenvalue weighted by atomic mass is 9.93. The van der Waals surface area contributed by atoms with Crippen LogP contribution in [0.2, 0.25) is 0 Å². The highest BCUT2D eigenvalue weighted by molar-refractivity contribution is 9.11. The standard InChI is InChI=1S/C29H34N2O3S2.C25H30N4O3S2.C21H23F3N2O3S2.C20H23BrN2O3S2/c1-29(2,3)34-27(32)24-20-14-8-10-16-23(20)36-26(24)31-28(33)30-17-21-19-13-7-9-15-22(19)35-25(21)18-11-5-4-6-12-18;1-3-28-13-10-16-18(23(34-20(16)15-28)29-11-6-7-12-29)14-26-25(31)27-22-21(24(30)32-2)17-8-4-5-9-19(17)33-22;1-29-19(27)16-12-7-3-5-9-15(12)31-18(16)26-20(28)25-10-13-11-6-2-4-8-14(11)30-17(13)21(22,23)24;1-26-19(24)16-12-7-3-5-9-15(12)28-18(16)23-20(25)22-10-13-11-6-2-4-8-14(11)27-17(13)21/h4-6,11-12H,7-10,13-17H2,1-3H3,(H2,30,31,33);6-7,11-12H,3-5,8-10,13-15H2,1-2H3,(H2,26,27,31);2-10H2,1H3,(H2,25,26,28);2-10H2,1H3,(H2,22,23,25). The number of alkyl halides is 3. The van der Waals surface area contributed by atoms with Gasteiger partial charge >= 0.3 is 54.2 Å². The fourth-order valence-electron chi connectivity index (χ4n) is 18.5. The Labute approximate surface area is 790 Å². The Morgan fingerprint density at radius 2 is 0.729 bits per heavy atom. The van der Waals surface area contributed by atoms with E-state index in [0.29, 0.717) is 74.7 Å². The van der Waals surface area contributed by atoms with Crippen LogP contribution in [0.4, 0.5) is 52.4 Å². The molecule has 8 N–H and O–H groups in total. The maximum atomic E-state index is 13.6. The number of ether oxygens (including phenoxy) is 4. The van der Waals surface area contributed by atoms with Crippen molar-refractivity contribution in [3.63, 3.8) is 0 Å². The highest BCUT2D eigenvalue weighted by Gasteiger charge is 2.40. The van der Waals surface area contributed by atoms with Crippen LogP contribution in [0.1, 0.15) is 270 Å². The Bertz CT molecular complexity index is 5780. The van der Waals surface area contributed by atoms with Crippen molar-refractivity contribution in [3.8, 4) is 15.4 Å². The molecule has 1 aliphatic heterocycles. The van der Waals surface area contributed by atoms with Crippen LogP contribution in [-0.4, -0.2) is 97.5 Å². The molecule has 0 saturated heterocycles. The number of hydrogen-bond donors (Lipinski definition) is 8. The van der Waals surface area contributed by atoms with E-state index in [1.807, 2.05) is 61.6 Å². The van der Waals surface area contributed by atoms with Gasteiger partial charge in [0.1, 0.15) is 35.5 Å². The van der Waals surface area contributed by atoms with Crippen molar-refractivity contribution in [3.05, 3.63) is 192 Å². The summed E-state index contributed by atoms with van der Waals surface area (Å²) >= 11 is 15.8. The second kappa shape index (κ2) is 42.9. The lowest BCUT2D eigenvalue weighted by Gasteiger charge is -2.25. The van der Waals surface area contributed by atoms with Crippen molar-refractivity contribution in [2.75, 3.05) is 55.7 Å².